The van der Waals surface area contributed by atoms with Crippen molar-refractivity contribution in [2.75, 3.05) is 12.8 Å². The molecule has 28 heavy (non-hydrogen) atoms. The molecule has 0 spiro atoms. The number of aryl methyl sites for hydroxylation is 1. The van der Waals surface area contributed by atoms with E-state index in [1.807, 2.05) is 48.7 Å². The number of hydrogen-bond donors (Lipinski definition) is 0. The molecule has 1 aromatic heterocycles. The highest BCUT2D eigenvalue weighted by molar-refractivity contribution is 7.99. The summed E-state index contributed by atoms with van der Waals surface area (Å²) in [6, 6.07) is 16.2. The van der Waals surface area contributed by atoms with Gasteiger partial charge in [-0.1, -0.05) is 60.3 Å². The van der Waals surface area contributed by atoms with Crippen LogP contribution in [0.3, 0.4) is 0 Å². The molecule has 3 aromatic rings. The molecule has 0 bridgehead atoms. The maximum atomic E-state index is 14.0. The number of halogens is 1. The van der Waals surface area contributed by atoms with E-state index in [-0.39, 0.29) is 23.5 Å². The molecule has 2 aromatic carbocycles. The minimum absolute atomic E-state index is 0.0901. The minimum Gasteiger partial charge on any atom is -0.338 e. The fourth-order valence-corrected chi connectivity index (χ4v) is 3.79. The van der Waals surface area contributed by atoms with Crippen LogP contribution in [0.1, 0.15) is 29.9 Å². The maximum Gasteiger partial charge on any atom is 0.233 e. The van der Waals surface area contributed by atoms with Gasteiger partial charge in [-0.25, -0.2) is 4.39 Å². The Morgan fingerprint density at radius 1 is 1.14 bits per heavy atom. The zero-order valence-electron chi connectivity index (χ0n) is 16.2. The normalized spacial score (nSPS) is 12.0. The van der Waals surface area contributed by atoms with Gasteiger partial charge in [0, 0.05) is 12.6 Å². The third-order valence-electron chi connectivity index (χ3n) is 4.74. The first-order chi connectivity index (χ1) is 13.5. The van der Waals surface area contributed by atoms with Gasteiger partial charge in [-0.05, 0) is 25.5 Å². The van der Waals surface area contributed by atoms with E-state index in [9.17, 15) is 9.18 Å². The Bertz CT molecular complexity index is 945. The highest BCUT2D eigenvalue weighted by Gasteiger charge is 2.21. The Kier molecular flexibility index (Phi) is 6.46. The molecule has 0 radical (unpaired) electrons. The van der Waals surface area contributed by atoms with Gasteiger partial charge >= 0.3 is 0 Å². The molecule has 0 aliphatic heterocycles. The number of rotatable bonds is 7. The van der Waals surface area contributed by atoms with Crippen molar-refractivity contribution in [3.63, 3.8) is 0 Å². The molecule has 0 N–H and O–H groups in total. The van der Waals surface area contributed by atoms with Gasteiger partial charge in [0.2, 0.25) is 5.91 Å². The van der Waals surface area contributed by atoms with Crippen LogP contribution >= 0.6 is 11.8 Å². The molecule has 7 heteroatoms. The SMILES string of the molecule is Cc1nnc(SCC(=O)N(C)C(C)c2ccccc2F)n1Cc1ccccc1. The molecule has 0 aliphatic rings. The number of benzene rings is 2. The Labute approximate surface area is 168 Å². The smallest absolute Gasteiger partial charge is 0.233 e. The second-order valence-corrected chi connectivity index (χ2v) is 7.53. The number of carbonyl (C=O) groups is 1. The van der Waals surface area contributed by atoms with Gasteiger partial charge in [-0.2, -0.15) is 0 Å². The summed E-state index contributed by atoms with van der Waals surface area (Å²) in [5.41, 5.74) is 1.65. The molecule has 1 amide bonds. The van der Waals surface area contributed by atoms with E-state index in [1.165, 1.54) is 17.8 Å². The third kappa shape index (κ3) is 4.59. The van der Waals surface area contributed by atoms with Crippen LogP contribution in [0, 0.1) is 12.7 Å². The topological polar surface area (TPSA) is 51.0 Å². The molecule has 0 aliphatic carbocycles. The second-order valence-electron chi connectivity index (χ2n) is 6.59. The molecule has 1 atom stereocenters. The Hall–Kier alpha value is -2.67. The summed E-state index contributed by atoms with van der Waals surface area (Å²) in [5.74, 6) is 0.613. The molecule has 0 saturated carbocycles. The number of thioether (sulfide) groups is 1. The van der Waals surface area contributed by atoms with E-state index in [0.717, 1.165) is 11.4 Å². The maximum absolute atomic E-state index is 14.0. The lowest BCUT2D eigenvalue weighted by molar-refractivity contribution is -0.128. The number of hydrogen-bond acceptors (Lipinski definition) is 4. The van der Waals surface area contributed by atoms with E-state index in [4.69, 9.17) is 0 Å². The lowest BCUT2D eigenvalue weighted by Gasteiger charge is -2.25. The van der Waals surface area contributed by atoms with Crippen LogP contribution in [-0.4, -0.2) is 38.4 Å². The van der Waals surface area contributed by atoms with E-state index >= 15 is 0 Å². The first kappa shape index (κ1) is 20.1. The quantitative estimate of drug-likeness (QED) is 0.563. The van der Waals surface area contributed by atoms with E-state index in [2.05, 4.69) is 10.2 Å². The number of carbonyl (C=O) groups excluding carboxylic acids is 1. The third-order valence-corrected chi connectivity index (χ3v) is 5.69. The fraction of sp³-hybridized carbons (Fsp3) is 0.286. The van der Waals surface area contributed by atoms with Crippen molar-refractivity contribution in [3.8, 4) is 0 Å². The van der Waals surface area contributed by atoms with Gasteiger partial charge in [0.15, 0.2) is 5.16 Å². The first-order valence-electron chi connectivity index (χ1n) is 9.04. The summed E-state index contributed by atoms with van der Waals surface area (Å²) in [6.07, 6.45) is 0. The van der Waals surface area contributed by atoms with Gasteiger partial charge in [0.05, 0.1) is 18.3 Å². The van der Waals surface area contributed by atoms with Gasteiger partial charge in [0.1, 0.15) is 11.6 Å². The molecule has 0 fully saturated rings. The van der Waals surface area contributed by atoms with Crippen molar-refractivity contribution < 1.29 is 9.18 Å². The molecule has 1 unspecified atom stereocenters. The summed E-state index contributed by atoms with van der Waals surface area (Å²) in [6.45, 7) is 4.37. The summed E-state index contributed by atoms with van der Waals surface area (Å²) in [7, 11) is 1.69. The van der Waals surface area contributed by atoms with Gasteiger partial charge in [-0.3, -0.25) is 4.79 Å². The van der Waals surface area contributed by atoms with Crippen LogP contribution in [-0.2, 0) is 11.3 Å². The van der Waals surface area contributed by atoms with Crippen LogP contribution in [0.4, 0.5) is 4.39 Å². The summed E-state index contributed by atoms with van der Waals surface area (Å²) in [5, 5.41) is 9.05. The molecule has 0 saturated heterocycles. The molecule has 5 nitrogen and oxygen atoms in total. The predicted octanol–water partition coefficient (Wildman–Crippen LogP) is 4.09. The zero-order chi connectivity index (χ0) is 20.1. The predicted molar refractivity (Wildman–Crippen MR) is 109 cm³/mol. The lowest BCUT2D eigenvalue weighted by atomic mass is 10.1. The average molecular weight is 399 g/mol. The average Bonchev–Trinajstić information content (AvgIpc) is 3.05. The van der Waals surface area contributed by atoms with Crippen molar-refractivity contribution in [2.45, 2.75) is 31.6 Å². The molecule has 146 valence electrons. The molecular weight excluding hydrogens is 375 g/mol. The Morgan fingerprint density at radius 3 is 2.54 bits per heavy atom. The highest BCUT2D eigenvalue weighted by Crippen LogP contribution is 2.24. The lowest BCUT2D eigenvalue weighted by Crippen LogP contribution is -2.31. The van der Waals surface area contributed by atoms with Gasteiger partial charge < -0.3 is 9.47 Å². The minimum atomic E-state index is -0.349. The zero-order valence-corrected chi connectivity index (χ0v) is 17.0. The summed E-state index contributed by atoms with van der Waals surface area (Å²) < 4.78 is 16.0. The monoisotopic (exact) mass is 398 g/mol. The first-order valence-corrected chi connectivity index (χ1v) is 10.0. The van der Waals surface area contributed by atoms with Crippen molar-refractivity contribution in [3.05, 3.63) is 77.4 Å². The van der Waals surface area contributed by atoms with Crippen molar-refractivity contribution in [2.24, 2.45) is 0 Å². The molecule has 3 rings (SSSR count). The number of aromatic nitrogens is 3. The number of nitrogens with zero attached hydrogens (tertiary/aromatic N) is 4. The molecule has 1 heterocycles. The van der Waals surface area contributed by atoms with Crippen molar-refractivity contribution in [1.29, 1.82) is 0 Å². The van der Waals surface area contributed by atoms with E-state index < -0.39 is 0 Å². The summed E-state index contributed by atoms with van der Waals surface area (Å²) in [4.78, 5) is 14.2. The van der Waals surface area contributed by atoms with Crippen LogP contribution < -0.4 is 0 Å². The fourth-order valence-electron chi connectivity index (χ4n) is 2.88. The van der Waals surface area contributed by atoms with E-state index in [0.29, 0.717) is 17.3 Å². The van der Waals surface area contributed by atoms with Gasteiger partial charge in [0.25, 0.3) is 0 Å². The highest BCUT2D eigenvalue weighted by atomic mass is 32.2. The van der Waals surface area contributed by atoms with Crippen LogP contribution in [0.25, 0.3) is 0 Å². The standard InChI is InChI=1S/C21H23FN4OS/c1-15(18-11-7-8-12-19(18)22)25(3)20(27)14-28-21-24-23-16(2)26(21)13-17-9-5-4-6-10-17/h4-12,15H,13-14H2,1-3H3. The van der Waals surface area contributed by atoms with Crippen molar-refractivity contribution in [1.82, 2.24) is 19.7 Å². The largest absolute Gasteiger partial charge is 0.338 e. The Morgan fingerprint density at radius 2 is 1.82 bits per heavy atom. The van der Waals surface area contributed by atoms with Crippen LogP contribution in [0.5, 0.6) is 0 Å². The number of amides is 1. The van der Waals surface area contributed by atoms with Crippen LogP contribution in [0.2, 0.25) is 0 Å². The van der Waals surface area contributed by atoms with Gasteiger partial charge in [-0.15, -0.1) is 10.2 Å². The summed E-state index contributed by atoms with van der Waals surface area (Å²) >= 11 is 1.34. The van der Waals surface area contributed by atoms with Crippen molar-refractivity contribution >= 4 is 17.7 Å². The van der Waals surface area contributed by atoms with Crippen LogP contribution in [0.15, 0.2) is 59.8 Å². The molecular formula is C21H23FN4OS. The second kappa shape index (κ2) is 9.01. The van der Waals surface area contributed by atoms with E-state index in [1.54, 1.807) is 30.1 Å². The Balaban J connectivity index is 1.65.